The average molecular weight is 472 g/mol. The molecule has 6 nitrogen and oxygen atoms in total. The Balaban J connectivity index is 1.68. The van der Waals surface area contributed by atoms with Gasteiger partial charge in [-0.15, -0.1) is 0 Å². The number of likely N-dealkylation sites (N-methyl/N-ethyl adjacent to an activating group) is 1. The number of carbonyl (C=O) groups is 1. The van der Waals surface area contributed by atoms with Gasteiger partial charge in [-0.2, -0.15) is 18.3 Å². The first-order valence-corrected chi connectivity index (χ1v) is 10.2. The van der Waals surface area contributed by atoms with Crippen LogP contribution in [0.25, 0.3) is 0 Å². The van der Waals surface area contributed by atoms with Crippen LogP contribution in [0.1, 0.15) is 34.4 Å². The van der Waals surface area contributed by atoms with E-state index in [0.29, 0.717) is 13.1 Å². The van der Waals surface area contributed by atoms with Crippen molar-refractivity contribution in [1.29, 1.82) is 0 Å². The molecule has 0 unspecified atom stereocenters. The number of rotatable bonds is 2. The number of nitrogens with one attached hydrogen (secondary N) is 1. The maximum absolute atomic E-state index is 13.8. The molecule has 1 saturated heterocycles. The number of anilines is 1. The Labute approximate surface area is 174 Å². The molecule has 0 aliphatic carbocycles. The first-order valence-electron chi connectivity index (χ1n) is 9.38. The summed E-state index contributed by atoms with van der Waals surface area (Å²) < 4.78 is 43.1. The van der Waals surface area contributed by atoms with Crippen LogP contribution in [0.3, 0.4) is 0 Å². The number of fused-ring (bicyclic) bond motifs is 1. The third-order valence-corrected chi connectivity index (χ3v) is 6.06. The van der Waals surface area contributed by atoms with E-state index >= 15 is 0 Å². The van der Waals surface area contributed by atoms with E-state index in [4.69, 9.17) is 0 Å². The number of hydrogen-bond acceptors (Lipinski definition) is 4. The molecule has 3 heterocycles. The number of nitrogens with zero attached hydrogens (tertiary/aromatic N) is 4. The topological polar surface area (TPSA) is 53.4 Å². The molecule has 0 saturated carbocycles. The van der Waals surface area contributed by atoms with Crippen LogP contribution in [0.2, 0.25) is 0 Å². The van der Waals surface area contributed by atoms with Gasteiger partial charge < -0.3 is 15.1 Å². The monoisotopic (exact) mass is 471 g/mol. The number of alkyl halides is 3. The van der Waals surface area contributed by atoms with Crippen molar-refractivity contribution < 1.29 is 18.0 Å². The predicted molar refractivity (Wildman–Crippen MR) is 106 cm³/mol. The number of piperazine rings is 1. The predicted octanol–water partition coefficient (Wildman–Crippen LogP) is 3.69. The fraction of sp³-hybridized carbons (Fsp3) is 0.474. The number of hydrogen-bond donors (Lipinski definition) is 1. The summed E-state index contributed by atoms with van der Waals surface area (Å²) in [5, 5.41) is 7.09. The Morgan fingerprint density at radius 2 is 1.83 bits per heavy atom. The average Bonchev–Trinajstić information content (AvgIpc) is 3.11. The van der Waals surface area contributed by atoms with Gasteiger partial charge in [-0.3, -0.25) is 4.79 Å². The minimum absolute atomic E-state index is 0.135. The van der Waals surface area contributed by atoms with Crippen LogP contribution in [-0.4, -0.2) is 64.9 Å². The lowest BCUT2D eigenvalue weighted by Gasteiger charge is -2.35. The molecule has 0 spiro atoms. The summed E-state index contributed by atoms with van der Waals surface area (Å²) in [7, 11) is 1.97. The van der Waals surface area contributed by atoms with Crippen LogP contribution in [0.5, 0.6) is 0 Å². The van der Waals surface area contributed by atoms with E-state index in [2.05, 4.69) is 31.2 Å². The zero-order valence-corrected chi connectivity index (χ0v) is 17.4. The maximum Gasteiger partial charge on any atom is 0.410 e. The van der Waals surface area contributed by atoms with Gasteiger partial charge in [0.15, 0.2) is 6.04 Å². The second-order valence-corrected chi connectivity index (χ2v) is 8.40. The molecule has 1 fully saturated rings. The van der Waals surface area contributed by atoms with Crippen molar-refractivity contribution in [2.24, 2.45) is 0 Å². The van der Waals surface area contributed by atoms with Crippen molar-refractivity contribution in [3.8, 4) is 0 Å². The van der Waals surface area contributed by atoms with Gasteiger partial charge in [-0.25, -0.2) is 4.68 Å². The highest BCUT2D eigenvalue weighted by atomic mass is 79.9. The van der Waals surface area contributed by atoms with Crippen molar-refractivity contribution in [3.05, 3.63) is 46.1 Å². The fourth-order valence-corrected chi connectivity index (χ4v) is 4.08. The highest BCUT2D eigenvalue weighted by Crippen LogP contribution is 2.44. The smallest absolute Gasteiger partial charge is 0.363 e. The normalized spacial score (nSPS) is 22.9. The van der Waals surface area contributed by atoms with Gasteiger partial charge in [0.25, 0.3) is 5.91 Å². The molecular weight excluding hydrogens is 451 g/mol. The Morgan fingerprint density at radius 3 is 2.45 bits per heavy atom. The first-order chi connectivity index (χ1) is 13.7. The van der Waals surface area contributed by atoms with Crippen molar-refractivity contribution in [3.63, 3.8) is 0 Å². The number of carbonyl (C=O) groups excluding carboxylic acids is 1. The number of halogens is 4. The lowest BCUT2D eigenvalue weighted by atomic mass is 9.96. The molecule has 1 N–H and O–H groups in total. The largest absolute Gasteiger partial charge is 0.410 e. The Hall–Kier alpha value is -2.07. The molecule has 0 bridgehead atoms. The van der Waals surface area contributed by atoms with E-state index in [9.17, 15) is 18.0 Å². The molecule has 1 aromatic carbocycles. The molecule has 4 rings (SSSR count). The van der Waals surface area contributed by atoms with Crippen molar-refractivity contribution >= 4 is 27.7 Å². The molecule has 1 aromatic heterocycles. The molecule has 2 aromatic rings. The quantitative estimate of drug-likeness (QED) is 0.725. The van der Waals surface area contributed by atoms with Crippen LogP contribution in [0, 0.1) is 0 Å². The number of aromatic nitrogens is 2. The van der Waals surface area contributed by atoms with Crippen LogP contribution < -0.4 is 5.32 Å². The van der Waals surface area contributed by atoms with Crippen molar-refractivity contribution in [2.75, 3.05) is 38.5 Å². The van der Waals surface area contributed by atoms with E-state index in [0.717, 1.165) is 27.8 Å². The minimum Gasteiger partial charge on any atom is -0.363 e. The summed E-state index contributed by atoms with van der Waals surface area (Å²) >= 11 is 3.34. The van der Waals surface area contributed by atoms with E-state index in [1.807, 2.05) is 7.05 Å². The molecule has 10 heteroatoms. The lowest BCUT2D eigenvalue weighted by molar-refractivity contribution is -0.173. The summed E-state index contributed by atoms with van der Waals surface area (Å²) in [6.07, 6.45) is -3.40. The van der Waals surface area contributed by atoms with E-state index in [-0.39, 0.29) is 23.7 Å². The van der Waals surface area contributed by atoms with Gasteiger partial charge in [-0.1, -0.05) is 28.1 Å². The van der Waals surface area contributed by atoms with Gasteiger partial charge in [0, 0.05) is 37.1 Å². The summed E-state index contributed by atoms with van der Waals surface area (Å²) in [6, 6.07) is 4.79. The zero-order chi connectivity index (χ0) is 20.8. The third kappa shape index (κ3) is 4.00. The molecule has 156 valence electrons. The zero-order valence-electron chi connectivity index (χ0n) is 15.8. The summed E-state index contributed by atoms with van der Waals surface area (Å²) in [5.41, 5.74) is 0.915. The minimum atomic E-state index is -4.47. The molecule has 29 heavy (non-hydrogen) atoms. The summed E-state index contributed by atoms with van der Waals surface area (Å²) in [5.74, 6) is -0.153. The highest BCUT2D eigenvalue weighted by Gasteiger charge is 2.47. The summed E-state index contributed by atoms with van der Waals surface area (Å²) in [6.45, 7) is 2.54. The van der Waals surface area contributed by atoms with E-state index in [1.165, 1.54) is 6.20 Å². The third-order valence-electron chi connectivity index (χ3n) is 5.53. The molecule has 1 amide bonds. The van der Waals surface area contributed by atoms with Gasteiger partial charge >= 0.3 is 6.18 Å². The standard InChI is InChI=1S/C19H21BrF3N5O/c1-26-6-8-27(9-7-26)18(29)14-11-24-28-16(19(21,22)23)10-15(25-17(14)28)12-2-4-13(20)5-3-12/h2-5,11,15-16,25H,6-10H2,1H3/t15-,16+/m1/s1. The SMILES string of the molecule is CN1CCN(C(=O)c2cnn3c2N[C@@H](c2ccc(Br)cc2)C[C@H]3C(F)(F)F)CC1. The van der Waals surface area contributed by atoms with Gasteiger partial charge in [0.2, 0.25) is 0 Å². The Bertz CT molecular complexity index is 890. The first kappa shape index (κ1) is 20.2. The maximum atomic E-state index is 13.8. The van der Waals surface area contributed by atoms with E-state index < -0.39 is 18.3 Å². The number of benzene rings is 1. The van der Waals surface area contributed by atoms with Gasteiger partial charge in [0.1, 0.15) is 11.4 Å². The van der Waals surface area contributed by atoms with E-state index in [1.54, 1.807) is 29.2 Å². The number of amides is 1. The summed E-state index contributed by atoms with van der Waals surface area (Å²) in [4.78, 5) is 16.8. The molecular formula is C19H21BrF3N5O. The van der Waals surface area contributed by atoms with Gasteiger partial charge in [-0.05, 0) is 24.7 Å². The second kappa shape index (κ2) is 7.64. The fourth-order valence-electron chi connectivity index (χ4n) is 3.81. The van der Waals surface area contributed by atoms with Crippen molar-refractivity contribution in [2.45, 2.75) is 24.7 Å². The van der Waals surface area contributed by atoms with Crippen LogP contribution in [0.15, 0.2) is 34.9 Å². The molecule has 2 atom stereocenters. The lowest BCUT2D eigenvalue weighted by Crippen LogP contribution is -2.47. The van der Waals surface area contributed by atoms with Crippen LogP contribution in [0.4, 0.5) is 19.0 Å². The Kier molecular flexibility index (Phi) is 5.32. The second-order valence-electron chi connectivity index (χ2n) is 7.49. The van der Waals surface area contributed by atoms with Gasteiger partial charge in [0.05, 0.1) is 12.2 Å². The molecule has 0 radical (unpaired) electrons. The van der Waals surface area contributed by atoms with Crippen molar-refractivity contribution in [1.82, 2.24) is 19.6 Å². The molecule has 2 aliphatic heterocycles. The van der Waals surface area contributed by atoms with Crippen LogP contribution >= 0.6 is 15.9 Å². The molecule has 2 aliphatic rings. The van der Waals surface area contributed by atoms with Crippen LogP contribution in [-0.2, 0) is 0 Å². The Morgan fingerprint density at radius 1 is 1.17 bits per heavy atom. The highest BCUT2D eigenvalue weighted by molar-refractivity contribution is 9.10.